The van der Waals surface area contributed by atoms with Crippen LogP contribution in [-0.4, -0.2) is 20.6 Å². The fraction of sp³-hybridized carbons (Fsp3) is 0.0769. The highest BCUT2D eigenvalue weighted by molar-refractivity contribution is 7.93. The van der Waals surface area contributed by atoms with Gasteiger partial charge in [0, 0.05) is 13.1 Å². The number of anilines is 2. The molecule has 6 heteroatoms. The summed E-state index contributed by atoms with van der Waals surface area (Å²) in [5.41, 5.74) is 6.25. The minimum Gasteiger partial charge on any atom is -0.508 e. The normalized spacial score (nSPS) is 11.2. The van der Waals surface area contributed by atoms with Crippen LogP contribution in [0.4, 0.5) is 11.4 Å². The van der Waals surface area contributed by atoms with Crippen LogP contribution in [0.15, 0.2) is 53.4 Å². The highest BCUT2D eigenvalue weighted by Gasteiger charge is 2.23. The van der Waals surface area contributed by atoms with Crippen LogP contribution < -0.4 is 10.0 Å². The SMILES string of the molecule is CN(c1cccc(O)c1)S(=O)(=O)c1ccccc1N. The van der Waals surface area contributed by atoms with Crippen LogP contribution in [0, 0.1) is 0 Å². The first-order valence-electron chi connectivity index (χ1n) is 5.55. The van der Waals surface area contributed by atoms with E-state index in [0.29, 0.717) is 5.69 Å². The van der Waals surface area contributed by atoms with Crippen molar-refractivity contribution in [1.82, 2.24) is 0 Å². The van der Waals surface area contributed by atoms with Crippen molar-refractivity contribution in [3.63, 3.8) is 0 Å². The summed E-state index contributed by atoms with van der Waals surface area (Å²) in [4.78, 5) is 0.0424. The summed E-state index contributed by atoms with van der Waals surface area (Å²) >= 11 is 0. The number of rotatable bonds is 3. The van der Waals surface area contributed by atoms with Gasteiger partial charge >= 0.3 is 0 Å². The van der Waals surface area contributed by atoms with Crippen molar-refractivity contribution in [1.29, 1.82) is 0 Å². The van der Waals surface area contributed by atoms with Gasteiger partial charge in [0.05, 0.1) is 11.4 Å². The number of sulfonamides is 1. The smallest absolute Gasteiger partial charge is 0.266 e. The van der Waals surface area contributed by atoms with Gasteiger partial charge in [-0.3, -0.25) is 4.31 Å². The third kappa shape index (κ3) is 2.48. The van der Waals surface area contributed by atoms with Gasteiger partial charge in [0.2, 0.25) is 0 Å². The molecule has 0 aromatic heterocycles. The summed E-state index contributed by atoms with van der Waals surface area (Å²) < 4.78 is 25.9. The summed E-state index contributed by atoms with van der Waals surface area (Å²) in [6, 6.07) is 12.3. The Morgan fingerprint density at radius 2 is 1.79 bits per heavy atom. The molecule has 0 saturated heterocycles. The quantitative estimate of drug-likeness (QED) is 0.838. The number of aromatic hydroxyl groups is 1. The van der Waals surface area contributed by atoms with Crippen LogP contribution in [0.2, 0.25) is 0 Å². The molecule has 100 valence electrons. The molecule has 0 saturated carbocycles. The second kappa shape index (κ2) is 4.81. The number of hydrogen-bond acceptors (Lipinski definition) is 4. The Morgan fingerprint density at radius 3 is 2.42 bits per heavy atom. The molecule has 0 radical (unpaired) electrons. The molecule has 2 aromatic rings. The monoisotopic (exact) mass is 278 g/mol. The Morgan fingerprint density at radius 1 is 1.11 bits per heavy atom. The first-order valence-corrected chi connectivity index (χ1v) is 6.99. The molecule has 3 N–H and O–H groups in total. The van der Waals surface area contributed by atoms with Crippen molar-refractivity contribution in [2.45, 2.75) is 4.90 Å². The Kier molecular flexibility index (Phi) is 3.35. The molecule has 0 fully saturated rings. The van der Waals surface area contributed by atoms with E-state index in [1.54, 1.807) is 24.3 Å². The molecule has 0 aliphatic rings. The molecular weight excluding hydrogens is 264 g/mol. The van der Waals surface area contributed by atoms with Gasteiger partial charge in [-0.25, -0.2) is 8.42 Å². The summed E-state index contributed by atoms with van der Waals surface area (Å²) in [5.74, 6) is 0.000540. The number of hydrogen-bond donors (Lipinski definition) is 2. The molecule has 19 heavy (non-hydrogen) atoms. The zero-order valence-corrected chi connectivity index (χ0v) is 11.1. The van der Waals surface area contributed by atoms with E-state index in [-0.39, 0.29) is 16.3 Å². The van der Waals surface area contributed by atoms with Crippen molar-refractivity contribution in [2.75, 3.05) is 17.1 Å². The maximum Gasteiger partial charge on any atom is 0.266 e. The van der Waals surface area contributed by atoms with E-state index < -0.39 is 10.0 Å². The standard InChI is InChI=1S/C13H14N2O3S/c1-15(10-5-4-6-11(16)9-10)19(17,18)13-8-3-2-7-12(13)14/h2-9,16H,14H2,1H3. The van der Waals surface area contributed by atoms with E-state index in [1.165, 1.54) is 31.3 Å². The van der Waals surface area contributed by atoms with E-state index in [9.17, 15) is 13.5 Å². The number of nitrogens with zero attached hydrogens (tertiary/aromatic N) is 1. The van der Waals surface area contributed by atoms with Crippen LogP contribution >= 0.6 is 0 Å². The third-order valence-electron chi connectivity index (χ3n) is 2.75. The first-order chi connectivity index (χ1) is 8.93. The molecule has 0 aliphatic heterocycles. The minimum absolute atomic E-state index is 0.000540. The Labute approximate surface area is 112 Å². The molecule has 2 aromatic carbocycles. The van der Waals surface area contributed by atoms with Gasteiger partial charge in [-0.1, -0.05) is 18.2 Å². The fourth-order valence-corrected chi connectivity index (χ4v) is 2.99. The summed E-state index contributed by atoms with van der Waals surface area (Å²) in [6.07, 6.45) is 0. The zero-order valence-electron chi connectivity index (χ0n) is 10.3. The molecule has 0 bridgehead atoms. The minimum atomic E-state index is -3.74. The van der Waals surface area contributed by atoms with Crippen molar-refractivity contribution >= 4 is 21.4 Å². The molecule has 0 aliphatic carbocycles. The highest BCUT2D eigenvalue weighted by atomic mass is 32.2. The van der Waals surface area contributed by atoms with Gasteiger partial charge in [-0.2, -0.15) is 0 Å². The molecule has 0 heterocycles. The third-order valence-corrected chi connectivity index (χ3v) is 4.61. The van der Waals surface area contributed by atoms with Crippen LogP contribution in [0.1, 0.15) is 0 Å². The molecule has 0 spiro atoms. The molecule has 2 rings (SSSR count). The maximum atomic E-state index is 12.4. The number of nitrogens with two attached hydrogens (primary N) is 1. The van der Waals surface area contributed by atoms with Gasteiger partial charge < -0.3 is 10.8 Å². The number of para-hydroxylation sites is 1. The van der Waals surface area contributed by atoms with Crippen LogP contribution in [0.3, 0.4) is 0 Å². The maximum absolute atomic E-state index is 12.4. The molecule has 0 amide bonds. The van der Waals surface area contributed by atoms with E-state index in [1.807, 2.05) is 0 Å². The largest absolute Gasteiger partial charge is 0.508 e. The summed E-state index contributed by atoms with van der Waals surface area (Å²) in [7, 11) is -2.33. The van der Waals surface area contributed by atoms with Crippen molar-refractivity contribution < 1.29 is 13.5 Å². The Bertz CT molecular complexity index is 699. The van der Waals surface area contributed by atoms with Crippen LogP contribution in [0.5, 0.6) is 5.75 Å². The van der Waals surface area contributed by atoms with Crippen molar-refractivity contribution in [3.8, 4) is 5.75 Å². The number of phenols is 1. The molecule has 5 nitrogen and oxygen atoms in total. The molecule has 0 unspecified atom stereocenters. The lowest BCUT2D eigenvalue weighted by molar-refractivity contribution is 0.475. The second-order valence-electron chi connectivity index (χ2n) is 4.03. The van der Waals surface area contributed by atoms with Gasteiger partial charge in [-0.15, -0.1) is 0 Å². The number of nitrogen functional groups attached to an aromatic ring is 1. The van der Waals surface area contributed by atoms with E-state index >= 15 is 0 Å². The van der Waals surface area contributed by atoms with Crippen molar-refractivity contribution in [2.24, 2.45) is 0 Å². The van der Waals surface area contributed by atoms with E-state index in [0.717, 1.165) is 4.31 Å². The average molecular weight is 278 g/mol. The predicted molar refractivity (Wildman–Crippen MR) is 74.6 cm³/mol. The summed E-state index contributed by atoms with van der Waals surface area (Å²) in [5, 5.41) is 9.41. The molecule has 0 atom stereocenters. The van der Waals surface area contributed by atoms with Crippen molar-refractivity contribution in [3.05, 3.63) is 48.5 Å². The number of benzene rings is 2. The predicted octanol–water partition coefficient (Wildman–Crippen LogP) is 1.80. The summed E-state index contributed by atoms with van der Waals surface area (Å²) in [6.45, 7) is 0. The van der Waals surface area contributed by atoms with Gasteiger partial charge in [0.1, 0.15) is 10.6 Å². The van der Waals surface area contributed by atoms with Gasteiger partial charge in [-0.05, 0) is 24.3 Å². The zero-order chi connectivity index (χ0) is 14.0. The highest BCUT2D eigenvalue weighted by Crippen LogP contribution is 2.27. The van der Waals surface area contributed by atoms with Crippen LogP contribution in [0.25, 0.3) is 0 Å². The lowest BCUT2D eigenvalue weighted by Crippen LogP contribution is -2.27. The topological polar surface area (TPSA) is 83.6 Å². The van der Waals surface area contributed by atoms with Gasteiger partial charge in [0.25, 0.3) is 10.0 Å². The van der Waals surface area contributed by atoms with E-state index in [4.69, 9.17) is 5.73 Å². The Balaban J connectivity index is 2.49. The number of phenolic OH excluding ortho intramolecular Hbond substituents is 1. The first kappa shape index (κ1) is 13.2. The lowest BCUT2D eigenvalue weighted by atomic mass is 10.3. The average Bonchev–Trinajstić information content (AvgIpc) is 2.38. The second-order valence-corrected chi connectivity index (χ2v) is 5.97. The van der Waals surface area contributed by atoms with E-state index in [2.05, 4.69) is 0 Å². The Hall–Kier alpha value is -2.21. The van der Waals surface area contributed by atoms with Crippen LogP contribution in [-0.2, 0) is 10.0 Å². The van der Waals surface area contributed by atoms with Gasteiger partial charge in [0.15, 0.2) is 0 Å². The molecular formula is C13H14N2O3S. The lowest BCUT2D eigenvalue weighted by Gasteiger charge is -2.20. The fourth-order valence-electron chi connectivity index (χ4n) is 1.69.